The predicted molar refractivity (Wildman–Crippen MR) is 149 cm³/mol. The van der Waals surface area contributed by atoms with Crippen molar-refractivity contribution < 1.29 is 24.5 Å². The molecule has 2 amide bonds. The van der Waals surface area contributed by atoms with E-state index in [-0.39, 0.29) is 12.6 Å². The van der Waals surface area contributed by atoms with E-state index in [2.05, 4.69) is 16.9 Å². The zero-order chi connectivity index (χ0) is 28.1. The molecule has 0 fully saturated rings. The molecule has 0 aliphatic heterocycles. The second kappa shape index (κ2) is 15.7. The van der Waals surface area contributed by atoms with Gasteiger partial charge in [-0.25, -0.2) is 0 Å². The number of carbonyl (C=O) groups is 2. The van der Waals surface area contributed by atoms with E-state index in [1.165, 1.54) is 11.0 Å². The quantitative estimate of drug-likeness (QED) is 0.312. The Hall–Kier alpha value is -3.46. The summed E-state index contributed by atoms with van der Waals surface area (Å²) in [5.41, 5.74) is 2.27. The maximum Gasteiger partial charge on any atom is 0.254 e. The Morgan fingerprint density at radius 3 is 2.58 bits per heavy atom. The minimum Gasteiger partial charge on any atom is -0.496 e. The average molecular weight is 542 g/mol. The van der Waals surface area contributed by atoms with Gasteiger partial charge in [-0.1, -0.05) is 67.6 Å². The van der Waals surface area contributed by atoms with Crippen molar-refractivity contribution in [3.8, 4) is 16.9 Å². The summed E-state index contributed by atoms with van der Waals surface area (Å²) in [6.07, 6.45) is 5.76. The summed E-state index contributed by atoms with van der Waals surface area (Å²) in [6.45, 7) is 7.69. The Labute approximate surface area is 229 Å². The molecule has 0 bridgehead atoms. The molecule has 1 aromatic carbocycles. The van der Waals surface area contributed by atoms with Crippen molar-refractivity contribution in [2.45, 2.75) is 51.5 Å². The molecule has 0 saturated carbocycles. The zero-order valence-corrected chi connectivity index (χ0v) is 22.8. The van der Waals surface area contributed by atoms with E-state index < -0.39 is 24.0 Å². The highest BCUT2D eigenvalue weighted by atomic mass is 35.5. The maximum atomic E-state index is 12.9. The molecule has 2 rings (SSSR count). The largest absolute Gasteiger partial charge is 0.496 e. The smallest absolute Gasteiger partial charge is 0.254 e. The fraction of sp³-hybridized carbons (Fsp3) is 0.345. The van der Waals surface area contributed by atoms with Gasteiger partial charge in [0.1, 0.15) is 5.75 Å². The number of carbonyl (C=O) groups excluding carboxylic acids is 2. The first-order valence-electron chi connectivity index (χ1n) is 12.4. The Morgan fingerprint density at radius 1 is 1.21 bits per heavy atom. The van der Waals surface area contributed by atoms with Crippen LogP contribution in [0.15, 0.2) is 78.5 Å². The van der Waals surface area contributed by atoms with Crippen molar-refractivity contribution in [2.75, 3.05) is 13.7 Å². The number of hydrogen-bond acceptors (Lipinski definition) is 6. The first-order chi connectivity index (χ1) is 18.2. The minimum absolute atomic E-state index is 0.0175. The fourth-order valence-electron chi connectivity index (χ4n) is 3.72. The molecule has 3 N–H and O–H groups in total. The summed E-state index contributed by atoms with van der Waals surface area (Å²) in [5, 5.41) is 23.9. The summed E-state index contributed by atoms with van der Waals surface area (Å²) >= 11 is 5.88. The molecule has 0 aliphatic rings. The predicted octanol–water partition coefficient (Wildman–Crippen LogP) is 3.98. The summed E-state index contributed by atoms with van der Waals surface area (Å²) in [7, 11) is 1.60. The number of pyridine rings is 1. The second-order valence-electron chi connectivity index (χ2n) is 8.65. The van der Waals surface area contributed by atoms with Gasteiger partial charge in [0.15, 0.2) is 12.2 Å². The number of rotatable bonds is 14. The Balaban J connectivity index is 1.97. The van der Waals surface area contributed by atoms with E-state index in [0.717, 1.165) is 11.1 Å². The lowest BCUT2D eigenvalue weighted by Gasteiger charge is -2.31. The molecule has 3 atom stereocenters. The first-order valence-corrected chi connectivity index (χ1v) is 12.8. The van der Waals surface area contributed by atoms with Crippen molar-refractivity contribution in [3.63, 3.8) is 0 Å². The summed E-state index contributed by atoms with van der Waals surface area (Å²) in [5.74, 6) is -0.863. The van der Waals surface area contributed by atoms with Gasteiger partial charge in [0.2, 0.25) is 0 Å². The van der Waals surface area contributed by atoms with Gasteiger partial charge in [0.05, 0.1) is 19.3 Å². The van der Waals surface area contributed by atoms with Crippen molar-refractivity contribution in [3.05, 3.63) is 84.2 Å². The third-order valence-electron chi connectivity index (χ3n) is 5.85. The van der Waals surface area contributed by atoms with Crippen molar-refractivity contribution in [1.82, 2.24) is 15.2 Å². The molecular weight excluding hydrogens is 506 g/mol. The molecule has 204 valence electrons. The van der Waals surface area contributed by atoms with Gasteiger partial charge in [-0.2, -0.15) is 0 Å². The molecular formula is C29H36ClN3O5. The summed E-state index contributed by atoms with van der Waals surface area (Å²) in [4.78, 5) is 31.3. The van der Waals surface area contributed by atoms with E-state index in [4.69, 9.17) is 16.3 Å². The molecule has 0 spiro atoms. The number of aromatic nitrogens is 1. The number of ether oxygens (including phenoxy) is 1. The van der Waals surface area contributed by atoms with Gasteiger partial charge < -0.3 is 25.2 Å². The van der Waals surface area contributed by atoms with Crippen LogP contribution in [0, 0.1) is 0 Å². The molecule has 9 heteroatoms. The van der Waals surface area contributed by atoms with Gasteiger partial charge in [-0.3, -0.25) is 14.6 Å². The number of allylic oxidation sites excluding steroid dienone is 4. The number of aliphatic hydroxyl groups excluding tert-OH is 2. The second-order valence-corrected chi connectivity index (χ2v) is 9.08. The number of hydrogen-bond donors (Lipinski definition) is 3. The minimum atomic E-state index is -1.92. The number of methoxy groups -OCH3 is 1. The van der Waals surface area contributed by atoms with Crippen LogP contribution in [0.2, 0.25) is 0 Å². The van der Waals surface area contributed by atoms with Crippen LogP contribution < -0.4 is 10.1 Å². The molecule has 0 aliphatic carbocycles. The van der Waals surface area contributed by atoms with Crippen LogP contribution in [0.3, 0.4) is 0 Å². The van der Waals surface area contributed by atoms with Crippen LogP contribution in [-0.4, -0.2) is 63.8 Å². The molecule has 1 heterocycles. The lowest BCUT2D eigenvalue weighted by atomic mass is 10.1. The number of nitrogens with one attached hydrogen (secondary N) is 1. The van der Waals surface area contributed by atoms with E-state index in [9.17, 15) is 19.8 Å². The Morgan fingerprint density at radius 2 is 1.95 bits per heavy atom. The number of amides is 2. The monoisotopic (exact) mass is 541 g/mol. The lowest BCUT2D eigenvalue weighted by Crippen LogP contribution is -2.52. The highest BCUT2D eigenvalue weighted by Gasteiger charge is 2.34. The van der Waals surface area contributed by atoms with Gasteiger partial charge in [0.25, 0.3) is 11.8 Å². The molecule has 0 saturated heterocycles. The van der Waals surface area contributed by atoms with Crippen molar-refractivity contribution in [1.29, 1.82) is 0 Å². The first kappa shape index (κ1) is 30.8. The average Bonchev–Trinajstić information content (AvgIpc) is 2.95. The highest BCUT2D eigenvalue weighted by molar-refractivity contribution is 6.31. The number of aliphatic hydroxyl groups is 2. The van der Waals surface area contributed by atoms with Crippen LogP contribution in [-0.2, 0) is 16.1 Å². The zero-order valence-electron chi connectivity index (χ0n) is 22.0. The normalized spacial score (nSPS) is 14.0. The van der Waals surface area contributed by atoms with Crippen LogP contribution >= 0.6 is 11.6 Å². The van der Waals surface area contributed by atoms with Gasteiger partial charge in [0, 0.05) is 34.9 Å². The van der Waals surface area contributed by atoms with Gasteiger partial charge in [-0.15, -0.1) is 0 Å². The SMILES string of the molecule is C=C/C(Cl)=C\C=C/CC(C)N(CCC)C(=O)C(O)C(O)C(=O)NCc1ccc(-c2ccccc2OC)cn1. The van der Waals surface area contributed by atoms with E-state index >= 15 is 0 Å². The van der Waals surface area contributed by atoms with Gasteiger partial charge in [-0.05, 0) is 38.0 Å². The molecule has 8 nitrogen and oxygen atoms in total. The molecule has 2 aromatic rings. The highest BCUT2D eigenvalue weighted by Crippen LogP contribution is 2.28. The van der Waals surface area contributed by atoms with Crippen molar-refractivity contribution >= 4 is 23.4 Å². The molecule has 38 heavy (non-hydrogen) atoms. The third-order valence-corrected chi connectivity index (χ3v) is 6.13. The standard InChI is InChI=1S/C29H36ClN3O5/c1-5-17-33(20(3)11-7-8-12-22(30)6-2)29(37)27(35)26(34)28(36)32-19-23-16-15-21(18-31-23)24-13-9-10-14-25(24)38-4/h6-10,12-16,18,20,26-27,34-35H,2,5,11,17,19H2,1,3-4H3,(H,32,36)/b8-7-,22-12+. The van der Waals surface area contributed by atoms with Crippen LogP contribution in [0.5, 0.6) is 5.75 Å². The van der Waals surface area contributed by atoms with E-state index in [1.54, 1.807) is 31.5 Å². The maximum absolute atomic E-state index is 12.9. The fourth-order valence-corrected chi connectivity index (χ4v) is 3.79. The number of para-hydroxylation sites is 1. The Bertz CT molecular complexity index is 1130. The van der Waals surface area contributed by atoms with E-state index in [0.29, 0.717) is 35.9 Å². The van der Waals surface area contributed by atoms with Gasteiger partial charge >= 0.3 is 0 Å². The summed E-state index contributed by atoms with van der Waals surface area (Å²) in [6, 6.07) is 10.9. The van der Waals surface area contributed by atoms with Crippen LogP contribution in [0.4, 0.5) is 0 Å². The molecule has 1 aromatic heterocycles. The van der Waals surface area contributed by atoms with Crippen LogP contribution in [0.1, 0.15) is 32.4 Å². The third kappa shape index (κ3) is 8.83. The topological polar surface area (TPSA) is 112 Å². The molecule has 0 radical (unpaired) electrons. The number of halogens is 1. The number of nitrogens with zero attached hydrogens (tertiary/aromatic N) is 2. The summed E-state index contributed by atoms with van der Waals surface area (Å²) < 4.78 is 5.38. The Kier molecular flexibility index (Phi) is 12.7. The molecule has 3 unspecified atom stereocenters. The number of benzene rings is 1. The van der Waals surface area contributed by atoms with Crippen molar-refractivity contribution in [2.24, 2.45) is 0 Å². The van der Waals surface area contributed by atoms with Crippen LogP contribution in [0.25, 0.3) is 11.1 Å². The lowest BCUT2D eigenvalue weighted by molar-refractivity contribution is -0.154. The van der Waals surface area contributed by atoms with E-state index in [1.807, 2.05) is 50.3 Å².